The van der Waals surface area contributed by atoms with E-state index >= 15 is 0 Å². The van der Waals surface area contributed by atoms with Crippen LogP contribution in [0.1, 0.15) is 40.1 Å². The predicted octanol–water partition coefficient (Wildman–Crippen LogP) is 3.42. The van der Waals surface area contributed by atoms with E-state index in [1.807, 2.05) is 24.3 Å². The second-order valence-corrected chi connectivity index (χ2v) is 7.06. The minimum Gasteiger partial charge on any atom is -0.450 e. The van der Waals surface area contributed by atoms with E-state index < -0.39 is 6.09 Å². The molecule has 0 spiro atoms. The molecule has 0 aromatic heterocycles. The molecule has 2 aromatic rings. The fraction of sp³-hybridized carbons (Fsp3) is 0.348. The fourth-order valence-corrected chi connectivity index (χ4v) is 3.34. The van der Waals surface area contributed by atoms with Gasteiger partial charge in [0.2, 0.25) is 0 Å². The van der Waals surface area contributed by atoms with Crippen LogP contribution < -0.4 is 5.32 Å². The number of benzene rings is 2. The van der Waals surface area contributed by atoms with Crippen LogP contribution in [0.4, 0.5) is 10.5 Å². The van der Waals surface area contributed by atoms with Crippen LogP contribution in [-0.4, -0.2) is 60.5 Å². The highest BCUT2D eigenvalue weighted by Crippen LogP contribution is 2.15. The topological polar surface area (TPSA) is 79.0 Å². The van der Waals surface area contributed by atoms with Gasteiger partial charge in [-0.05, 0) is 55.3 Å². The van der Waals surface area contributed by atoms with Gasteiger partial charge in [0.15, 0.2) is 0 Å². The van der Waals surface area contributed by atoms with Crippen LogP contribution in [0.3, 0.4) is 0 Å². The third kappa shape index (κ3) is 5.17. The maximum absolute atomic E-state index is 12.8. The number of nitrogens with one attached hydrogen (secondary N) is 1. The van der Waals surface area contributed by atoms with Crippen molar-refractivity contribution < 1.29 is 19.1 Å². The van der Waals surface area contributed by atoms with Crippen molar-refractivity contribution in [2.24, 2.45) is 0 Å². The van der Waals surface area contributed by atoms with E-state index in [0.717, 1.165) is 6.42 Å². The Morgan fingerprint density at radius 3 is 1.70 bits per heavy atom. The molecule has 2 aromatic carbocycles. The quantitative estimate of drug-likeness (QED) is 0.821. The summed E-state index contributed by atoms with van der Waals surface area (Å²) < 4.78 is 4.83. The average molecular weight is 409 g/mol. The van der Waals surface area contributed by atoms with Crippen LogP contribution in [0.2, 0.25) is 0 Å². The number of hydrogen-bond donors (Lipinski definition) is 1. The third-order valence-corrected chi connectivity index (χ3v) is 5.12. The lowest BCUT2D eigenvalue weighted by Gasteiger charge is -2.35. The fourth-order valence-electron chi connectivity index (χ4n) is 3.34. The first-order chi connectivity index (χ1) is 14.5. The highest BCUT2D eigenvalue weighted by molar-refractivity contribution is 5.96. The zero-order chi connectivity index (χ0) is 21.5. The molecule has 1 aliphatic heterocycles. The van der Waals surface area contributed by atoms with Crippen LogP contribution in [0, 0.1) is 0 Å². The molecule has 0 unspecified atom stereocenters. The predicted molar refractivity (Wildman–Crippen MR) is 115 cm³/mol. The van der Waals surface area contributed by atoms with Gasteiger partial charge in [-0.1, -0.05) is 19.1 Å². The monoisotopic (exact) mass is 409 g/mol. The molecule has 158 valence electrons. The number of hydrogen-bond acceptors (Lipinski definition) is 4. The Morgan fingerprint density at radius 2 is 1.27 bits per heavy atom. The van der Waals surface area contributed by atoms with Crippen molar-refractivity contribution >= 4 is 23.6 Å². The first-order valence-electron chi connectivity index (χ1n) is 10.2. The van der Waals surface area contributed by atoms with Gasteiger partial charge in [0, 0.05) is 43.0 Å². The summed E-state index contributed by atoms with van der Waals surface area (Å²) in [5.74, 6) is -0.0868. The number of carbonyl (C=O) groups excluding carboxylic acids is 3. The molecule has 0 radical (unpaired) electrons. The van der Waals surface area contributed by atoms with Crippen molar-refractivity contribution in [1.29, 1.82) is 0 Å². The van der Waals surface area contributed by atoms with Gasteiger partial charge in [-0.3, -0.25) is 14.9 Å². The van der Waals surface area contributed by atoms with E-state index in [9.17, 15) is 14.4 Å². The molecule has 3 amide bonds. The Labute approximate surface area is 176 Å². The number of carbonyl (C=O) groups is 3. The van der Waals surface area contributed by atoms with Crippen molar-refractivity contribution in [2.45, 2.75) is 20.3 Å². The molecule has 1 N–H and O–H groups in total. The summed E-state index contributed by atoms with van der Waals surface area (Å²) in [6.07, 6.45) is 0.413. The molecule has 3 rings (SSSR count). The third-order valence-electron chi connectivity index (χ3n) is 5.12. The number of piperazine rings is 1. The Balaban J connectivity index is 1.54. The minimum atomic E-state index is -0.526. The van der Waals surface area contributed by atoms with Crippen molar-refractivity contribution in [3.8, 4) is 0 Å². The number of aryl methyl sites for hydroxylation is 1. The lowest BCUT2D eigenvalue weighted by Crippen LogP contribution is -2.50. The van der Waals surface area contributed by atoms with E-state index in [1.54, 1.807) is 41.0 Å². The first kappa shape index (κ1) is 21.4. The zero-order valence-corrected chi connectivity index (χ0v) is 17.4. The summed E-state index contributed by atoms with van der Waals surface area (Å²) in [6, 6.07) is 14.4. The normalized spacial score (nSPS) is 13.7. The van der Waals surface area contributed by atoms with Crippen LogP contribution in [0.25, 0.3) is 0 Å². The summed E-state index contributed by atoms with van der Waals surface area (Å²) in [5.41, 5.74) is 2.98. The van der Waals surface area contributed by atoms with E-state index in [-0.39, 0.29) is 11.8 Å². The first-order valence-corrected chi connectivity index (χ1v) is 10.2. The average Bonchev–Trinajstić information content (AvgIpc) is 2.79. The lowest BCUT2D eigenvalue weighted by atomic mass is 10.1. The Hall–Kier alpha value is -3.35. The lowest BCUT2D eigenvalue weighted by molar-refractivity contribution is 0.0535. The Bertz CT molecular complexity index is 886. The van der Waals surface area contributed by atoms with Crippen molar-refractivity contribution in [2.75, 3.05) is 38.1 Å². The highest BCUT2D eigenvalue weighted by atomic mass is 16.5. The molecule has 1 heterocycles. The van der Waals surface area contributed by atoms with Gasteiger partial charge in [-0.2, -0.15) is 0 Å². The molecule has 7 heteroatoms. The second-order valence-electron chi connectivity index (χ2n) is 7.06. The van der Waals surface area contributed by atoms with Crippen LogP contribution >= 0.6 is 0 Å². The van der Waals surface area contributed by atoms with Gasteiger partial charge in [0.1, 0.15) is 0 Å². The Morgan fingerprint density at radius 1 is 0.800 bits per heavy atom. The van der Waals surface area contributed by atoms with Gasteiger partial charge in [0.25, 0.3) is 11.8 Å². The molecule has 0 atom stereocenters. The molecule has 30 heavy (non-hydrogen) atoms. The summed E-state index contributed by atoms with van der Waals surface area (Å²) in [6.45, 7) is 6.08. The maximum Gasteiger partial charge on any atom is 0.411 e. The van der Waals surface area contributed by atoms with Gasteiger partial charge in [0.05, 0.1) is 6.61 Å². The van der Waals surface area contributed by atoms with Crippen molar-refractivity contribution in [1.82, 2.24) is 9.80 Å². The summed E-state index contributed by atoms with van der Waals surface area (Å²) in [5, 5.41) is 2.60. The van der Waals surface area contributed by atoms with Crippen molar-refractivity contribution in [3.63, 3.8) is 0 Å². The van der Waals surface area contributed by atoms with Crippen LogP contribution in [0.5, 0.6) is 0 Å². The summed E-state index contributed by atoms with van der Waals surface area (Å²) in [7, 11) is 0. The minimum absolute atomic E-state index is 0.000792. The van der Waals surface area contributed by atoms with Crippen LogP contribution in [0.15, 0.2) is 48.5 Å². The number of amides is 3. The van der Waals surface area contributed by atoms with Crippen molar-refractivity contribution in [3.05, 3.63) is 65.2 Å². The van der Waals surface area contributed by atoms with E-state index in [0.29, 0.717) is 49.6 Å². The summed E-state index contributed by atoms with van der Waals surface area (Å²) >= 11 is 0. The molecule has 7 nitrogen and oxygen atoms in total. The van der Waals surface area contributed by atoms with E-state index in [4.69, 9.17) is 4.74 Å². The van der Waals surface area contributed by atoms with Gasteiger partial charge in [-0.15, -0.1) is 0 Å². The van der Waals surface area contributed by atoms with Crippen LogP contribution in [-0.2, 0) is 11.2 Å². The zero-order valence-electron chi connectivity index (χ0n) is 17.4. The summed E-state index contributed by atoms with van der Waals surface area (Å²) in [4.78, 5) is 40.5. The number of nitrogens with zero attached hydrogens (tertiary/aromatic N) is 2. The molecule has 0 saturated carbocycles. The highest BCUT2D eigenvalue weighted by Gasteiger charge is 2.25. The van der Waals surface area contributed by atoms with Gasteiger partial charge < -0.3 is 14.5 Å². The SMILES string of the molecule is CCOC(=O)Nc1ccc(C(=O)N2CCN(C(=O)c3ccc(CC)cc3)CC2)cc1. The second kappa shape index (κ2) is 9.91. The number of anilines is 1. The molecule has 1 aliphatic rings. The molecule has 1 saturated heterocycles. The molecular formula is C23H27N3O4. The molecular weight excluding hydrogens is 382 g/mol. The maximum atomic E-state index is 12.8. The van der Waals surface area contributed by atoms with E-state index in [2.05, 4.69) is 12.2 Å². The number of rotatable bonds is 5. The number of ether oxygens (including phenoxy) is 1. The van der Waals surface area contributed by atoms with Gasteiger partial charge in [-0.25, -0.2) is 4.79 Å². The largest absolute Gasteiger partial charge is 0.450 e. The molecule has 0 bridgehead atoms. The van der Waals surface area contributed by atoms with Gasteiger partial charge >= 0.3 is 6.09 Å². The Kier molecular flexibility index (Phi) is 7.06. The molecule has 1 fully saturated rings. The smallest absolute Gasteiger partial charge is 0.411 e. The molecule has 0 aliphatic carbocycles. The van der Waals surface area contributed by atoms with E-state index in [1.165, 1.54) is 5.56 Å². The standard InChI is InChI=1S/C23H27N3O4/c1-3-17-5-7-18(8-6-17)21(27)25-13-15-26(16-14-25)22(28)19-9-11-20(12-10-19)24-23(29)30-4-2/h5-12H,3-4,13-16H2,1-2H3,(H,24,29).